The monoisotopic (exact) mass is 509 g/mol. The molecule has 0 spiro atoms. The van der Waals surface area contributed by atoms with Crippen molar-refractivity contribution in [3.8, 4) is 5.88 Å². The Morgan fingerprint density at radius 3 is 2.36 bits per heavy atom. The normalized spacial score (nSPS) is 22.5. The Morgan fingerprint density at radius 1 is 1.06 bits per heavy atom. The lowest BCUT2D eigenvalue weighted by molar-refractivity contribution is 0.402. The Balaban J connectivity index is 1.85. The van der Waals surface area contributed by atoms with Crippen molar-refractivity contribution in [2.75, 3.05) is 25.0 Å². The quantitative estimate of drug-likeness (QED) is 0.366. The van der Waals surface area contributed by atoms with E-state index in [0.717, 1.165) is 17.7 Å². The lowest BCUT2D eigenvalue weighted by Gasteiger charge is -2.20. The third-order valence-electron chi connectivity index (χ3n) is 5.31. The fourth-order valence-electron chi connectivity index (χ4n) is 3.73. The van der Waals surface area contributed by atoms with Gasteiger partial charge >= 0.3 is 5.69 Å². The van der Waals surface area contributed by atoms with Crippen molar-refractivity contribution < 1.29 is 28.9 Å². The summed E-state index contributed by atoms with van der Waals surface area (Å²) in [6.07, 6.45) is -5.60. The van der Waals surface area contributed by atoms with Crippen molar-refractivity contribution >= 4 is 16.7 Å². The highest BCUT2D eigenvalue weighted by Crippen LogP contribution is 2.28. The topological polar surface area (TPSA) is 100 Å². The second kappa shape index (κ2) is 9.13. The smallest absolute Gasteiger partial charge is 0.332 e. The summed E-state index contributed by atoms with van der Waals surface area (Å²) in [6.45, 7) is -7.99. The van der Waals surface area contributed by atoms with E-state index in [0.29, 0.717) is 16.7 Å². The number of anilines is 1. The maximum atomic E-state index is 14.1. The van der Waals surface area contributed by atoms with Crippen LogP contribution >= 0.6 is 0 Å². The lowest BCUT2D eigenvalue weighted by atomic mass is 10.2. The molecule has 1 fully saturated rings. The van der Waals surface area contributed by atoms with E-state index in [1.165, 1.54) is 18.1 Å². The molecule has 1 aromatic carbocycles. The van der Waals surface area contributed by atoms with E-state index >= 15 is 0 Å². The van der Waals surface area contributed by atoms with Crippen molar-refractivity contribution in [1.29, 1.82) is 0 Å². The molecule has 4 aromatic rings. The number of aryl methyl sites for hydroxylation is 1. The summed E-state index contributed by atoms with van der Waals surface area (Å²) in [5, 5.41) is 3.59. The van der Waals surface area contributed by atoms with Crippen molar-refractivity contribution in [1.82, 2.24) is 28.9 Å². The molecule has 0 unspecified atom stereocenters. The molecular weight excluding hydrogens is 479 g/mol. The molecule has 0 radical (unpaired) electrons. The van der Waals surface area contributed by atoms with Crippen LogP contribution in [0.3, 0.4) is 0 Å². The molecule has 1 aliphatic heterocycles. The number of rotatable bonds is 6. The first-order valence-corrected chi connectivity index (χ1v) is 10.3. The van der Waals surface area contributed by atoms with Crippen LogP contribution in [-0.4, -0.2) is 49.0 Å². The van der Waals surface area contributed by atoms with Gasteiger partial charge in [-0.3, -0.25) is 18.6 Å². The summed E-state index contributed by atoms with van der Waals surface area (Å²) in [6, 6.07) is 2.03. The number of hydrogen-bond donors (Lipinski definition) is 0. The molecule has 188 valence electrons. The number of benzene rings is 1. The molecular formula is C23H22F3N7O3. The predicted octanol–water partition coefficient (Wildman–Crippen LogP) is 1.81. The van der Waals surface area contributed by atoms with E-state index in [1.54, 1.807) is 0 Å². The van der Waals surface area contributed by atoms with Gasteiger partial charge in [-0.2, -0.15) is 10.1 Å². The van der Waals surface area contributed by atoms with E-state index < -0.39 is 90.1 Å². The average Bonchev–Trinajstić information content (AvgIpc) is 3.37. The van der Waals surface area contributed by atoms with Gasteiger partial charge in [0, 0.05) is 37.1 Å². The lowest BCUT2D eigenvalue weighted by Crippen LogP contribution is -2.41. The largest absolute Gasteiger partial charge is 0.480 e. The zero-order valence-corrected chi connectivity index (χ0v) is 18.7. The number of pyridine rings is 1. The standard InChI is InChI=1S/C23H22F3N7O3/c1-30-12-27-17(29-30)11-33-22(34)19-16(9-18(28-21(19)36-2)31-5-3-4-6-31)32(23(33)35)10-13-7-14(24)20(26)15(25)8-13/h7-9,12H,3-6,10-11H2,1-2H3/i3D2,4D2,5D2,6D2. The Morgan fingerprint density at radius 2 is 1.75 bits per heavy atom. The van der Waals surface area contributed by atoms with E-state index in [4.69, 9.17) is 15.7 Å². The number of fused-ring (bicyclic) bond motifs is 1. The summed E-state index contributed by atoms with van der Waals surface area (Å²) in [7, 11) is 2.58. The summed E-state index contributed by atoms with van der Waals surface area (Å²) in [5.41, 5.74) is -2.86. The van der Waals surface area contributed by atoms with Crippen LogP contribution in [-0.2, 0) is 20.1 Å². The molecule has 1 saturated heterocycles. The molecule has 5 rings (SSSR count). The highest BCUT2D eigenvalue weighted by Gasteiger charge is 2.23. The Hall–Kier alpha value is -4.16. The summed E-state index contributed by atoms with van der Waals surface area (Å²) in [4.78, 5) is 35.6. The van der Waals surface area contributed by atoms with Gasteiger partial charge in [-0.05, 0) is 30.4 Å². The third-order valence-corrected chi connectivity index (χ3v) is 5.31. The molecule has 10 nitrogen and oxygen atoms in total. The fraction of sp³-hybridized carbons (Fsp3) is 0.348. The number of aromatic nitrogens is 6. The van der Waals surface area contributed by atoms with Crippen LogP contribution in [0, 0.1) is 17.5 Å². The second-order valence-electron chi connectivity index (χ2n) is 7.66. The Bertz CT molecular complexity index is 1900. The minimum Gasteiger partial charge on any atom is -0.480 e. The van der Waals surface area contributed by atoms with E-state index in [2.05, 4.69) is 15.1 Å². The van der Waals surface area contributed by atoms with Crippen LogP contribution in [0.2, 0.25) is 0 Å². The number of hydrogen-bond acceptors (Lipinski definition) is 7. The number of nitrogens with zero attached hydrogens (tertiary/aromatic N) is 7. The van der Waals surface area contributed by atoms with Crippen LogP contribution in [0.15, 0.2) is 34.1 Å². The molecule has 0 amide bonds. The summed E-state index contributed by atoms with van der Waals surface area (Å²) in [5.74, 6) is -6.29. The van der Waals surface area contributed by atoms with Gasteiger partial charge in [0.1, 0.15) is 17.5 Å². The van der Waals surface area contributed by atoms with Gasteiger partial charge in [0.05, 0.1) is 25.7 Å². The van der Waals surface area contributed by atoms with Crippen LogP contribution < -0.4 is 20.9 Å². The number of ether oxygens (including phenoxy) is 1. The SMILES string of the molecule is [2H]C1([2H])N(c2cc3c(c(OC)n2)c(=O)n(Cc2ncn(C)n2)c(=O)n3Cc2cc(F)c(F)c(F)c2)C([2H])([2H])C([2H])([2H])C1([2H])[2H]. The van der Waals surface area contributed by atoms with Crippen LogP contribution in [0.25, 0.3) is 10.9 Å². The van der Waals surface area contributed by atoms with E-state index in [1.807, 2.05) is 0 Å². The van der Waals surface area contributed by atoms with Crippen molar-refractivity contribution in [2.24, 2.45) is 7.05 Å². The predicted molar refractivity (Wildman–Crippen MR) is 124 cm³/mol. The molecule has 0 saturated carbocycles. The van der Waals surface area contributed by atoms with Gasteiger partial charge in [0.15, 0.2) is 23.3 Å². The Labute approximate surface area is 213 Å². The molecule has 36 heavy (non-hydrogen) atoms. The first-order chi connectivity index (χ1) is 20.3. The summed E-state index contributed by atoms with van der Waals surface area (Å²) < 4.78 is 116. The average molecular weight is 510 g/mol. The Kier molecular flexibility index (Phi) is 4.00. The van der Waals surface area contributed by atoms with Gasteiger partial charge < -0.3 is 9.64 Å². The second-order valence-corrected chi connectivity index (χ2v) is 7.66. The van der Waals surface area contributed by atoms with Crippen molar-refractivity contribution in [3.63, 3.8) is 0 Å². The first kappa shape index (κ1) is 15.8. The molecule has 0 bridgehead atoms. The molecule has 4 heterocycles. The molecule has 0 N–H and O–H groups in total. The van der Waals surface area contributed by atoms with E-state index in [9.17, 15) is 22.8 Å². The fourth-order valence-corrected chi connectivity index (χ4v) is 3.73. The van der Waals surface area contributed by atoms with Gasteiger partial charge in [0.25, 0.3) is 5.56 Å². The summed E-state index contributed by atoms with van der Waals surface area (Å²) >= 11 is 0. The first-order valence-electron chi connectivity index (χ1n) is 14.3. The maximum absolute atomic E-state index is 14.1. The van der Waals surface area contributed by atoms with Gasteiger partial charge in [-0.1, -0.05) is 0 Å². The number of halogens is 3. The molecule has 0 atom stereocenters. The van der Waals surface area contributed by atoms with Gasteiger partial charge in [-0.15, -0.1) is 0 Å². The molecule has 13 heteroatoms. The van der Waals surface area contributed by atoms with Gasteiger partial charge in [0.2, 0.25) is 5.88 Å². The van der Waals surface area contributed by atoms with Crippen molar-refractivity contribution in [2.45, 2.75) is 25.8 Å². The molecule has 3 aromatic heterocycles. The number of methoxy groups -OCH3 is 1. The molecule has 1 aliphatic rings. The highest BCUT2D eigenvalue weighted by atomic mass is 19.2. The minimum atomic E-state index is -3.45. The van der Waals surface area contributed by atoms with E-state index in [-0.39, 0.29) is 16.3 Å². The van der Waals surface area contributed by atoms with Crippen molar-refractivity contribution in [3.05, 3.63) is 74.2 Å². The van der Waals surface area contributed by atoms with Crippen LogP contribution in [0.5, 0.6) is 5.88 Å². The third kappa shape index (κ3) is 4.10. The highest BCUT2D eigenvalue weighted by molar-refractivity contribution is 5.85. The minimum absolute atomic E-state index is 0.0166. The van der Waals surface area contributed by atoms with Gasteiger partial charge in [-0.25, -0.2) is 22.9 Å². The van der Waals surface area contributed by atoms with Crippen LogP contribution in [0.1, 0.15) is 35.1 Å². The molecule has 0 aliphatic carbocycles. The zero-order chi connectivity index (χ0) is 32.7. The maximum Gasteiger partial charge on any atom is 0.332 e. The van der Waals surface area contributed by atoms with Crippen LogP contribution in [0.4, 0.5) is 19.0 Å². The zero-order valence-electron chi connectivity index (χ0n) is 26.7.